The second-order valence-electron chi connectivity index (χ2n) is 7.78. The number of carbonyl (C=O) groups excluding carboxylic acids is 1. The predicted molar refractivity (Wildman–Crippen MR) is 113 cm³/mol. The molecule has 1 heterocycles. The number of aliphatic imine (C=N–C) groups is 1. The molecule has 142 valence electrons. The molecule has 1 amide bonds. The molecule has 6 heteroatoms. The van der Waals surface area contributed by atoms with E-state index >= 15 is 0 Å². The van der Waals surface area contributed by atoms with Crippen molar-refractivity contribution < 1.29 is 4.79 Å². The summed E-state index contributed by atoms with van der Waals surface area (Å²) in [5, 5.41) is 6.83. The summed E-state index contributed by atoms with van der Waals surface area (Å²) in [5.74, 6) is 1.80. The molecule has 0 aromatic rings. The third kappa shape index (κ3) is 8.53. The van der Waals surface area contributed by atoms with E-state index in [1.54, 1.807) is 0 Å². The Morgan fingerprint density at radius 2 is 2.00 bits per heavy atom. The Morgan fingerprint density at radius 1 is 1.33 bits per heavy atom. The van der Waals surface area contributed by atoms with Crippen molar-refractivity contribution in [2.24, 2.45) is 16.3 Å². The number of guanidine groups is 1. The van der Waals surface area contributed by atoms with Crippen LogP contribution in [0.1, 0.15) is 60.8 Å². The zero-order valence-corrected chi connectivity index (χ0v) is 18.6. The first-order chi connectivity index (χ1) is 10.8. The largest absolute Gasteiger partial charge is 0.357 e. The maximum Gasteiger partial charge on any atom is 0.222 e. The number of hydrogen-bond acceptors (Lipinski definition) is 2. The molecule has 0 aromatic heterocycles. The third-order valence-electron chi connectivity index (χ3n) is 4.15. The van der Waals surface area contributed by atoms with Gasteiger partial charge in [-0.25, -0.2) is 0 Å². The minimum Gasteiger partial charge on any atom is -0.357 e. The number of nitrogens with zero attached hydrogens (tertiary/aromatic N) is 2. The topological polar surface area (TPSA) is 56.7 Å². The van der Waals surface area contributed by atoms with Gasteiger partial charge >= 0.3 is 0 Å². The van der Waals surface area contributed by atoms with Crippen molar-refractivity contribution in [3.05, 3.63) is 0 Å². The molecule has 0 aliphatic carbocycles. The molecule has 0 aromatic carbocycles. The van der Waals surface area contributed by atoms with Gasteiger partial charge in [0.25, 0.3) is 0 Å². The molecule has 1 fully saturated rings. The summed E-state index contributed by atoms with van der Waals surface area (Å²) in [5.41, 5.74) is 0.205. The van der Waals surface area contributed by atoms with Crippen molar-refractivity contribution in [1.82, 2.24) is 15.5 Å². The van der Waals surface area contributed by atoms with Crippen LogP contribution in [0.5, 0.6) is 0 Å². The molecule has 0 bridgehead atoms. The summed E-state index contributed by atoms with van der Waals surface area (Å²) in [6, 6.07) is 0.302. The molecule has 1 saturated heterocycles. The summed E-state index contributed by atoms with van der Waals surface area (Å²) in [6.07, 6.45) is 2.74. The van der Waals surface area contributed by atoms with Gasteiger partial charge in [0.2, 0.25) is 5.91 Å². The van der Waals surface area contributed by atoms with E-state index < -0.39 is 0 Å². The van der Waals surface area contributed by atoms with Crippen molar-refractivity contribution in [2.75, 3.05) is 26.2 Å². The Hall–Kier alpha value is -0.530. The fourth-order valence-corrected chi connectivity index (χ4v) is 3.30. The van der Waals surface area contributed by atoms with Gasteiger partial charge < -0.3 is 15.5 Å². The highest BCUT2D eigenvalue weighted by molar-refractivity contribution is 14.0. The first kappa shape index (κ1) is 23.5. The van der Waals surface area contributed by atoms with Crippen LogP contribution in [0.15, 0.2) is 4.99 Å². The second-order valence-corrected chi connectivity index (χ2v) is 7.78. The number of likely N-dealkylation sites (tertiary alicyclic amines) is 1. The normalized spacial score (nSPS) is 18.5. The van der Waals surface area contributed by atoms with Crippen LogP contribution in [-0.2, 0) is 4.79 Å². The molecule has 0 radical (unpaired) electrons. The number of hydrogen-bond donors (Lipinski definition) is 2. The van der Waals surface area contributed by atoms with Crippen molar-refractivity contribution in [1.29, 1.82) is 0 Å². The van der Waals surface area contributed by atoms with Crippen molar-refractivity contribution in [3.8, 4) is 0 Å². The summed E-state index contributed by atoms with van der Waals surface area (Å²) < 4.78 is 0. The summed E-state index contributed by atoms with van der Waals surface area (Å²) in [4.78, 5) is 18.5. The average Bonchev–Trinajstić information content (AvgIpc) is 2.91. The zero-order valence-electron chi connectivity index (χ0n) is 16.3. The average molecular weight is 452 g/mol. The summed E-state index contributed by atoms with van der Waals surface area (Å²) >= 11 is 0. The van der Waals surface area contributed by atoms with Gasteiger partial charge in [-0.15, -0.1) is 24.0 Å². The Balaban J connectivity index is 0.00000529. The molecular weight excluding hydrogens is 415 g/mol. The van der Waals surface area contributed by atoms with Crippen LogP contribution in [-0.4, -0.2) is 49.0 Å². The zero-order chi connectivity index (χ0) is 17.5. The van der Waals surface area contributed by atoms with E-state index in [0.29, 0.717) is 18.4 Å². The van der Waals surface area contributed by atoms with E-state index in [1.807, 2.05) is 11.8 Å². The van der Waals surface area contributed by atoms with E-state index in [-0.39, 0.29) is 35.3 Å². The predicted octanol–water partition coefficient (Wildman–Crippen LogP) is 3.24. The molecule has 0 saturated carbocycles. The molecule has 5 nitrogen and oxygen atoms in total. The highest BCUT2D eigenvalue weighted by Gasteiger charge is 2.26. The Labute approximate surface area is 165 Å². The van der Waals surface area contributed by atoms with Gasteiger partial charge in [-0.1, -0.05) is 34.6 Å². The Morgan fingerprint density at radius 3 is 2.54 bits per heavy atom. The van der Waals surface area contributed by atoms with Crippen molar-refractivity contribution >= 4 is 35.8 Å². The molecule has 1 unspecified atom stereocenters. The third-order valence-corrected chi connectivity index (χ3v) is 4.15. The van der Waals surface area contributed by atoms with E-state index in [9.17, 15) is 4.79 Å². The van der Waals surface area contributed by atoms with E-state index in [0.717, 1.165) is 45.0 Å². The highest BCUT2D eigenvalue weighted by Crippen LogP contribution is 2.25. The summed E-state index contributed by atoms with van der Waals surface area (Å²) in [6.45, 7) is 16.4. The van der Waals surface area contributed by atoms with Crippen LogP contribution in [0, 0.1) is 11.3 Å². The minimum absolute atomic E-state index is 0. The maximum absolute atomic E-state index is 11.8. The minimum atomic E-state index is 0. The Kier molecular flexibility index (Phi) is 10.9. The molecule has 1 atom stereocenters. The quantitative estimate of drug-likeness (QED) is 0.354. The van der Waals surface area contributed by atoms with Gasteiger partial charge in [0.1, 0.15) is 0 Å². The number of halogens is 1. The molecule has 24 heavy (non-hydrogen) atoms. The highest BCUT2D eigenvalue weighted by atomic mass is 127. The number of carbonyl (C=O) groups is 1. The molecule has 1 rings (SSSR count). The van der Waals surface area contributed by atoms with E-state index in [1.165, 1.54) is 0 Å². The van der Waals surface area contributed by atoms with Gasteiger partial charge in [-0.3, -0.25) is 9.79 Å². The van der Waals surface area contributed by atoms with Gasteiger partial charge in [0.05, 0.1) is 0 Å². The lowest BCUT2D eigenvalue weighted by atomic mass is 9.84. The smallest absolute Gasteiger partial charge is 0.222 e. The van der Waals surface area contributed by atoms with Crippen molar-refractivity contribution in [2.45, 2.75) is 66.8 Å². The molecular formula is C18H37IN4O. The van der Waals surface area contributed by atoms with Gasteiger partial charge in [-0.2, -0.15) is 0 Å². The van der Waals surface area contributed by atoms with Crippen LogP contribution in [0.3, 0.4) is 0 Å². The van der Waals surface area contributed by atoms with Crippen molar-refractivity contribution in [3.63, 3.8) is 0 Å². The lowest BCUT2D eigenvalue weighted by Crippen LogP contribution is -2.45. The first-order valence-electron chi connectivity index (χ1n) is 9.10. The molecule has 1 aliphatic rings. The standard InChI is InChI=1S/C18H36N4O.HI/c1-7-16(23)22-10-9-15(12-22)21-17(19-8-2)20-13-18(5,6)11-14(3)4;/h14-15H,7-13H2,1-6H3,(H2,19,20,21);1H. The van der Waals surface area contributed by atoms with Gasteiger partial charge in [0, 0.05) is 38.6 Å². The lowest BCUT2D eigenvalue weighted by molar-refractivity contribution is -0.129. The van der Waals surface area contributed by atoms with Crippen LogP contribution in [0.4, 0.5) is 0 Å². The van der Waals surface area contributed by atoms with Crippen LogP contribution < -0.4 is 10.6 Å². The first-order valence-corrected chi connectivity index (χ1v) is 9.10. The molecule has 1 aliphatic heterocycles. The monoisotopic (exact) mass is 452 g/mol. The molecule has 0 spiro atoms. The maximum atomic E-state index is 11.8. The van der Waals surface area contributed by atoms with E-state index in [4.69, 9.17) is 4.99 Å². The fourth-order valence-electron chi connectivity index (χ4n) is 3.30. The second kappa shape index (κ2) is 11.2. The summed E-state index contributed by atoms with van der Waals surface area (Å²) in [7, 11) is 0. The fraction of sp³-hybridized carbons (Fsp3) is 0.889. The van der Waals surface area contributed by atoms with Crippen LogP contribution in [0.25, 0.3) is 0 Å². The number of nitrogens with one attached hydrogen (secondary N) is 2. The number of amides is 1. The van der Waals surface area contributed by atoms with Crippen LogP contribution in [0.2, 0.25) is 0 Å². The van der Waals surface area contributed by atoms with Gasteiger partial charge in [0.15, 0.2) is 5.96 Å². The van der Waals surface area contributed by atoms with Crippen LogP contribution >= 0.6 is 24.0 Å². The van der Waals surface area contributed by atoms with Gasteiger partial charge in [-0.05, 0) is 31.1 Å². The Bertz CT molecular complexity index is 410. The lowest BCUT2D eigenvalue weighted by Gasteiger charge is -2.25. The number of rotatable bonds is 7. The molecule has 2 N–H and O–H groups in total. The SMILES string of the molecule is CCNC(=NCC(C)(C)CC(C)C)NC1CCN(C(=O)CC)C1.I. The van der Waals surface area contributed by atoms with E-state index in [2.05, 4.69) is 45.3 Å².